The first-order valence-corrected chi connectivity index (χ1v) is 10.1. The highest BCUT2D eigenvalue weighted by Crippen LogP contribution is 2.37. The number of esters is 1. The summed E-state index contributed by atoms with van der Waals surface area (Å²) in [5.41, 5.74) is 1.87. The second kappa shape index (κ2) is 10.0. The maximum atomic E-state index is 13.5. The van der Waals surface area contributed by atoms with Gasteiger partial charge in [0.25, 0.3) is 5.56 Å². The van der Waals surface area contributed by atoms with Crippen LogP contribution in [0.25, 0.3) is 0 Å². The van der Waals surface area contributed by atoms with Crippen LogP contribution in [0.1, 0.15) is 34.9 Å². The van der Waals surface area contributed by atoms with Gasteiger partial charge in [-0.3, -0.25) is 9.59 Å². The van der Waals surface area contributed by atoms with Crippen molar-refractivity contribution in [1.29, 1.82) is 0 Å². The molecule has 0 aliphatic heterocycles. The Morgan fingerprint density at radius 3 is 2.56 bits per heavy atom. The van der Waals surface area contributed by atoms with Gasteiger partial charge in [-0.1, -0.05) is 6.07 Å². The molecule has 9 nitrogen and oxygen atoms in total. The smallest absolute Gasteiger partial charge is 0.306 e. The molecule has 0 saturated carbocycles. The van der Waals surface area contributed by atoms with E-state index in [1.54, 1.807) is 42.2 Å². The summed E-state index contributed by atoms with van der Waals surface area (Å²) in [6.07, 6.45) is 3.71. The van der Waals surface area contributed by atoms with Crippen LogP contribution < -0.4 is 15.0 Å². The molecule has 2 aromatic heterocycles. The normalized spacial score (nSPS) is 11.8. The first-order valence-electron chi connectivity index (χ1n) is 10.1. The van der Waals surface area contributed by atoms with Gasteiger partial charge in [0.05, 0.1) is 39.6 Å². The molecular weight excluding hydrogens is 414 g/mol. The number of rotatable bonds is 9. The number of carbonyl (C=O) groups is 1. The molecule has 0 aliphatic rings. The number of carbonyl (C=O) groups excluding carboxylic acids is 1. The van der Waals surface area contributed by atoms with Gasteiger partial charge in [0.1, 0.15) is 5.75 Å². The minimum atomic E-state index is -0.742. The van der Waals surface area contributed by atoms with E-state index in [9.17, 15) is 14.7 Å². The maximum Gasteiger partial charge on any atom is 0.306 e. The number of aromatic hydroxyl groups is 1. The molecular formula is C23H27N3O6. The van der Waals surface area contributed by atoms with E-state index in [1.807, 2.05) is 0 Å². The Labute approximate surface area is 185 Å². The second-order valence-electron chi connectivity index (χ2n) is 7.32. The summed E-state index contributed by atoms with van der Waals surface area (Å²) >= 11 is 0. The summed E-state index contributed by atoms with van der Waals surface area (Å²) in [5.74, 6) is -0.458. The molecule has 0 amide bonds. The number of ether oxygens (including phenoxy) is 3. The van der Waals surface area contributed by atoms with E-state index >= 15 is 0 Å². The number of aromatic amines is 1. The van der Waals surface area contributed by atoms with Crippen LogP contribution in [0.5, 0.6) is 17.2 Å². The number of H-pyrrole nitrogens is 1. The van der Waals surface area contributed by atoms with Gasteiger partial charge in [-0.25, -0.2) is 4.98 Å². The van der Waals surface area contributed by atoms with Crippen LogP contribution in [-0.4, -0.2) is 46.9 Å². The highest BCUT2D eigenvalue weighted by Gasteiger charge is 2.27. The molecule has 0 spiro atoms. The summed E-state index contributed by atoms with van der Waals surface area (Å²) < 4.78 is 17.1. The topological polar surface area (TPSA) is 116 Å². The first kappa shape index (κ1) is 22.9. The van der Waals surface area contributed by atoms with Crippen molar-refractivity contribution in [2.24, 2.45) is 0 Å². The number of hydrogen-bond donors (Lipinski definition) is 2. The summed E-state index contributed by atoms with van der Waals surface area (Å²) in [6.45, 7) is 2.14. The van der Waals surface area contributed by atoms with Gasteiger partial charge in [0.15, 0.2) is 11.5 Å². The summed E-state index contributed by atoms with van der Waals surface area (Å²) in [4.78, 5) is 32.7. The zero-order valence-electron chi connectivity index (χ0n) is 18.5. The number of aryl methyl sites for hydroxylation is 2. The van der Waals surface area contributed by atoms with E-state index < -0.39 is 11.9 Å². The Kier molecular flexibility index (Phi) is 7.19. The Morgan fingerprint density at radius 1 is 1.19 bits per heavy atom. The van der Waals surface area contributed by atoms with Crippen LogP contribution >= 0.6 is 0 Å². The molecule has 0 unspecified atom stereocenters. The van der Waals surface area contributed by atoms with E-state index in [0.29, 0.717) is 35.7 Å². The molecule has 1 atom stereocenters. The molecule has 0 aliphatic carbocycles. The number of nitrogens with one attached hydrogen (secondary N) is 1. The lowest BCUT2D eigenvalue weighted by Gasteiger charge is -2.21. The number of imidazole rings is 1. The number of pyridine rings is 1. The molecule has 3 aromatic rings. The van der Waals surface area contributed by atoms with Gasteiger partial charge in [-0.05, 0) is 30.7 Å². The number of aromatic nitrogens is 3. The highest BCUT2D eigenvalue weighted by atomic mass is 16.5. The average Bonchev–Trinajstić information content (AvgIpc) is 3.31. The van der Waals surface area contributed by atoms with Gasteiger partial charge < -0.3 is 28.9 Å². The zero-order valence-corrected chi connectivity index (χ0v) is 18.5. The quantitative estimate of drug-likeness (QED) is 0.490. The average molecular weight is 441 g/mol. The number of benzene rings is 1. The molecule has 2 N–H and O–H groups in total. The van der Waals surface area contributed by atoms with Gasteiger partial charge in [0.2, 0.25) is 0 Å². The fraction of sp³-hybridized carbons (Fsp3) is 0.348. The largest absolute Gasteiger partial charge is 0.507 e. The Balaban J connectivity index is 2.11. The predicted octanol–water partition coefficient (Wildman–Crippen LogP) is 2.54. The molecule has 1 aromatic carbocycles. The van der Waals surface area contributed by atoms with E-state index in [0.717, 1.165) is 5.69 Å². The molecule has 2 heterocycles. The standard InChI is InChI=1S/C23H27N3O6/c1-14-9-18(27)22(23(29)26(14)8-7-16-12-24-13-25-16)17(11-21(28)32-4)15-5-6-19(30-2)20(10-15)31-3/h5-6,9-10,12-13,17,27H,7-8,11H2,1-4H3,(H,24,25)/t17-/m0/s1. The van der Waals surface area contributed by atoms with Crippen molar-refractivity contribution in [1.82, 2.24) is 14.5 Å². The van der Waals surface area contributed by atoms with Crippen LogP contribution in [0.2, 0.25) is 0 Å². The van der Waals surface area contributed by atoms with Crippen molar-refractivity contribution in [3.63, 3.8) is 0 Å². The Bertz CT molecular complexity index is 1140. The lowest BCUT2D eigenvalue weighted by atomic mass is 9.88. The second-order valence-corrected chi connectivity index (χ2v) is 7.32. The van der Waals surface area contributed by atoms with Crippen molar-refractivity contribution < 1.29 is 24.1 Å². The minimum absolute atomic E-state index is 0.123. The van der Waals surface area contributed by atoms with Crippen LogP contribution in [0, 0.1) is 6.92 Å². The molecule has 3 rings (SSSR count). The third-order valence-corrected chi connectivity index (χ3v) is 5.44. The molecule has 0 saturated heterocycles. The summed E-state index contributed by atoms with van der Waals surface area (Å²) in [6, 6.07) is 6.66. The molecule has 0 fully saturated rings. The monoisotopic (exact) mass is 441 g/mol. The Morgan fingerprint density at radius 2 is 1.94 bits per heavy atom. The van der Waals surface area contributed by atoms with Crippen molar-refractivity contribution in [3.8, 4) is 17.2 Å². The lowest BCUT2D eigenvalue weighted by molar-refractivity contribution is -0.140. The van der Waals surface area contributed by atoms with E-state index in [4.69, 9.17) is 14.2 Å². The van der Waals surface area contributed by atoms with Crippen LogP contribution in [0.4, 0.5) is 0 Å². The Hall–Kier alpha value is -3.75. The van der Waals surface area contributed by atoms with Crippen LogP contribution in [0.15, 0.2) is 41.6 Å². The number of hydrogen-bond acceptors (Lipinski definition) is 7. The summed E-state index contributed by atoms with van der Waals surface area (Å²) in [5, 5.41) is 10.8. The maximum absolute atomic E-state index is 13.5. The van der Waals surface area contributed by atoms with Crippen molar-refractivity contribution in [3.05, 3.63) is 69.7 Å². The van der Waals surface area contributed by atoms with Crippen molar-refractivity contribution in [2.45, 2.75) is 32.2 Å². The third kappa shape index (κ3) is 4.77. The highest BCUT2D eigenvalue weighted by molar-refractivity contribution is 5.71. The molecule has 170 valence electrons. The van der Waals surface area contributed by atoms with Gasteiger partial charge in [0, 0.05) is 36.5 Å². The SMILES string of the molecule is COC(=O)C[C@@H](c1ccc(OC)c(OC)c1)c1c(O)cc(C)n(CCc2cnc[nH]2)c1=O. The van der Waals surface area contributed by atoms with Crippen LogP contribution in [0.3, 0.4) is 0 Å². The van der Waals surface area contributed by atoms with E-state index in [2.05, 4.69) is 9.97 Å². The fourth-order valence-corrected chi connectivity index (χ4v) is 3.73. The molecule has 0 radical (unpaired) electrons. The zero-order chi connectivity index (χ0) is 23.3. The number of nitrogens with zero attached hydrogens (tertiary/aromatic N) is 2. The third-order valence-electron chi connectivity index (χ3n) is 5.44. The van der Waals surface area contributed by atoms with Crippen molar-refractivity contribution >= 4 is 5.97 Å². The molecule has 32 heavy (non-hydrogen) atoms. The lowest BCUT2D eigenvalue weighted by Crippen LogP contribution is -2.29. The van der Waals surface area contributed by atoms with Crippen molar-refractivity contribution in [2.75, 3.05) is 21.3 Å². The predicted molar refractivity (Wildman–Crippen MR) is 117 cm³/mol. The van der Waals surface area contributed by atoms with E-state index in [1.165, 1.54) is 27.4 Å². The first-order chi connectivity index (χ1) is 15.4. The van der Waals surface area contributed by atoms with Gasteiger partial charge >= 0.3 is 5.97 Å². The fourth-order valence-electron chi connectivity index (χ4n) is 3.73. The van der Waals surface area contributed by atoms with Crippen LogP contribution in [-0.2, 0) is 22.5 Å². The van der Waals surface area contributed by atoms with E-state index in [-0.39, 0.29) is 23.3 Å². The van der Waals surface area contributed by atoms with Gasteiger partial charge in [-0.15, -0.1) is 0 Å². The number of methoxy groups -OCH3 is 3. The molecule has 9 heteroatoms. The summed E-state index contributed by atoms with van der Waals surface area (Å²) in [7, 11) is 4.31. The molecule has 0 bridgehead atoms. The van der Waals surface area contributed by atoms with Gasteiger partial charge in [-0.2, -0.15) is 0 Å². The minimum Gasteiger partial charge on any atom is -0.507 e.